The summed E-state index contributed by atoms with van der Waals surface area (Å²) in [4.78, 5) is 4.64. The van der Waals surface area contributed by atoms with Gasteiger partial charge in [-0.3, -0.25) is 4.99 Å². The Bertz CT molecular complexity index is 1450. The summed E-state index contributed by atoms with van der Waals surface area (Å²) < 4.78 is 5.57. The maximum Gasteiger partial charge on any atom is 0.282 e. The number of nitrogens with zero attached hydrogens (tertiary/aromatic N) is 1. The monoisotopic (exact) mass is 447 g/mol. The van der Waals surface area contributed by atoms with Gasteiger partial charge in [-0.15, -0.1) is 0 Å². The number of aliphatic imine (C=N–C) groups is 1. The van der Waals surface area contributed by atoms with E-state index in [9.17, 15) is 5.11 Å². The lowest BCUT2D eigenvalue weighted by Gasteiger charge is -2.26. The molecule has 0 bridgehead atoms. The molecular formula is C31H29NO2. The molecule has 0 radical (unpaired) electrons. The molecule has 0 amide bonds. The molecule has 1 N–H and O–H groups in total. The SMILES string of the molecule is CCO/C(O)=C1/C(C)=NC(C)=C[C@H]1c1ccccc1-c1c2ccccc2c(C)c2ccccc12. The zero-order valence-corrected chi connectivity index (χ0v) is 20.1. The van der Waals surface area contributed by atoms with Crippen molar-refractivity contribution in [3.63, 3.8) is 0 Å². The van der Waals surface area contributed by atoms with E-state index in [0.29, 0.717) is 6.61 Å². The van der Waals surface area contributed by atoms with Crippen LogP contribution in [0.25, 0.3) is 32.7 Å². The van der Waals surface area contributed by atoms with Gasteiger partial charge in [0, 0.05) is 17.3 Å². The Hall–Kier alpha value is -3.85. The van der Waals surface area contributed by atoms with Crippen LogP contribution in [0, 0.1) is 6.92 Å². The van der Waals surface area contributed by atoms with Gasteiger partial charge in [-0.25, -0.2) is 0 Å². The molecule has 3 heteroatoms. The third-order valence-electron chi connectivity index (χ3n) is 6.73. The van der Waals surface area contributed by atoms with E-state index in [1.54, 1.807) is 0 Å². The average Bonchev–Trinajstić information content (AvgIpc) is 2.84. The molecule has 34 heavy (non-hydrogen) atoms. The lowest BCUT2D eigenvalue weighted by Crippen LogP contribution is -2.17. The summed E-state index contributed by atoms with van der Waals surface area (Å²) in [7, 11) is 0. The Morgan fingerprint density at radius 3 is 2.00 bits per heavy atom. The number of benzene rings is 4. The molecule has 0 saturated heterocycles. The lowest BCUT2D eigenvalue weighted by atomic mass is 9.80. The minimum atomic E-state index is -0.168. The second kappa shape index (κ2) is 8.83. The summed E-state index contributed by atoms with van der Waals surface area (Å²) in [5.41, 5.74) is 7.22. The highest BCUT2D eigenvalue weighted by atomic mass is 16.6. The van der Waals surface area contributed by atoms with Crippen LogP contribution in [0.1, 0.15) is 37.8 Å². The molecule has 0 aliphatic carbocycles. The van der Waals surface area contributed by atoms with E-state index in [-0.39, 0.29) is 11.9 Å². The maximum absolute atomic E-state index is 10.9. The zero-order chi connectivity index (χ0) is 23.8. The summed E-state index contributed by atoms with van der Waals surface area (Å²) >= 11 is 0. The Labute approximate surface area is 200 Å². The second-order valence-corrected chi connectivity index (χ2v) is 8.81. The van der Waals surface area contributed by atoms with Crippen LogP contribution in [-0.2, 0) is 4.74 Å². The van der Waals surface area contributed by atoms with Crippen molar-refractivity contribution >= 4 is 27.3 Å². The lowest BCUT2D eigenvalue weighted by molar-refractivity contribution is 0.0985. The number of aliphatic hydroxyl groups is 1. The van der Waals surface area contributed by atoms with E-state index in [0.717, 1.165) is 28.1 Å². The minimum absolute atomic E-state index is 0.0501. The molecule has 1 aliphatic rings. The molecule has 0 unspecified atom stereocenters. The number of fused-ring (bicyclic) bond motifs is 2. The first kappa shape index (κ1) is 22.0. The summed E-state index contributed by atoms with van der Waals surface area (Å²) in [5, 5.41) is 15.8. The van der Waals surface area contributed by atoms with E-state index in [4.69, 9.17) is 4.74 Å². The second-order valence-electron chi connectivity index (χ2n) is 8.81. The van der Waals surface area contributed by atoms with Gasteiger partial charge in [-0.1, -0.05) is 78.9 Å². The number of rotatable bonds is 4. The van der Waals surface area contributed by atoms with Gasteiger partial charge in [0.2, 0.25) is 0 Å². The van der Waals surface area contributed by atoms with Crippen LogP contribution in [0.2, 0.25) is 0 Å². The number of aryl methyl sites for hydroxylation is 1. The van der Waals surface area contributed by atoms with E-state index < -0.39 is 0 Å². The fourth-order valence-electron chi connectivity index (χ4n) is 5.29. The first-order chi connectivity index (χ1) is 16.5. The summed E-state index contributed by atoms with van der Waals surface area (Å²) in [5.74, 6) is -0.218. The minimum Gasteiger partial charge on any atom is -0.481 e. The van der Waals surface area contributed by atoms with Crippen LogP contribution in [-0.4, -0.2) is 17.4 Å². The summed E-state index contributed by atoms with van der Waals surface area (Å²) in [6, 6.07) is 25.8. The highest BCUT2D eigenvalue weighted by molar-refractivity contribution is 6.15. The van der Waals surface area contributed by atoms with Crippen molar-refractivity contribution in [2.75, 3.05) is 6.61 Å². The van der Waals surface area contributed by atoms with E-state index >= 15 is 0 Å². The van der Waals surface area contributed by atoms with Crippen molar-refractivity contribution in [2.24, 2.45) is 4.99 Å². The quantitative estimate of drug-likeness (QED) is 0.253. The highest BCUT2D eigenvalue weighted by Gasteiger charge is 2.28. The fraction of sp³-hybridized carbons (Fsp3) is 0.194. The van der Waals surface area contributed by atoms with E-state index in [1.807, 2.05) is 20.8 Å². The van der Waals surface area contributed by atoms with Crippen molar-refractivity contribution in [2.45, 2.75) is 33.6 Å². The van der Waals surface area contributed by atoms with E-state index in [1.165, 1.54) is 32.7 Å². The van der Waals surface area contributed by atoms with Crippen molar-refractivity contribution in [3.05, 3.63) is 107 Å². The van der Waals surface area contributed by atoms with Crippen molar-refractivity contribution in [3.8, 4) is 11.1 Å². The molecule has 170 valence electrons. The molecule has 4 aromatic carbocycles. The Morgan fingerprint density at radius 2 is 1.38 bits per heavy atom. The molecular weight excluding hydrogens is 418 g/mol. The Balaban J connectivity index is 1.86. The van der Waals surface area contributed by atoms with Gasteiger partial charge in [0.15, 0.2) is 0 Å². The summed E-state index contributed by atoms with van der Waals surface area (Å²) in [6.07, 6.45) is 2.12. The summed E-state index contributed by atoms with van der Waals surface area (Å²) in [6.45, 7) is 8.42. The predicted octanol–water partition coefficient (Wildman–Crippen LogP) is 8.24. The van der Waals surface area contributed by atoms with Crippen LogP contribution < -0.4 is 0 Å². The van der Waals surface area contributed by atoms with Gasteiger partial charge in [0.25, 0.3) is 5.95 Å². The molecule has 5 rings (SSSR count). The maximum atomic E-state index is 10.9. The third kappa shape index (κ3) is 3.58. The highest BCUT2D eigenvalue weighted by Crippen LogP contribution is 2.44. The Morgan fingerprint density at radius 1 is 0.824 bits per heavy atom. The topological polar surface area (TPSA) is 41.8 Å². The fourth-order valence-corrected chi connectivity index (χ4v) is 5.29. The molecule has 0 fully saturated rings. The molecule has 1 aliphatic heterocycles. The largest absolute Gasteiger partial charge is 0.481 e. The normalized spacial score (nSPS) is 17.5. The van der Waals surface area contributed by atoms with Gasteiger partial charge < -0.3 is 9.84 Å². The van der Waals surface area contributed by atoms with Gasteiger partial charge in [-0.05, 0) is 71.5 Å². The number of hydrogen-bond donors (Lipinski definition) is 1. The molecule has 0 aromatic heterocycles. The van der Waals surface area contributed by atoms with Gasteiger partial charge in [0.05, 0.1) is 12.2 Å². The number of allylic oxidation sites excluding steroid dienone is 3. The molecule has 0 saturated carbocycles. The smallest absolute Gasteiger partial charge is 0.282 e. The van der Waals surface area contributed by atoms with Crippen molar-refractivity contribution in [1.29, 1.82) is 0 Å². The predicted molar refractivity (Wildman–Crippen MR) is 143 cm³/mol. The molecule has 1 heterocycles. The van der Waals surface area contributed by atoms with Gasteiger partial charge in [0.1, 0.15) is 0 Å². The molecule has 4 aromatic rings. The van der Waals surface area contributed by atoms with Gasteiger partial charge in [-0.2, -0.15) is 0 Å². The van der Waals surface area contributed by atoms with Crippen molar-refractivity contribution in [1.82, 2.24) is 0 Å². The zero-order valence-electron chi connectivity index (χ0n) is 20.1. The number of ether oxygens (including phenoxy) is 1. The number of hydrogen-bond acceptors (Lipinski definition) is 3. The van der Waals surface area contributed by atoms with Gasteiger partial charge >= 0.3 is 0 Å². The molecule has 3 nitrogen and oxygen atoms in total. The Kier molecular flexibility index (Phi) is 5.70. The average molecular weight is 448 g/mol. The molecule has 0 spiro atoms. The standard InChI is InChI=1S/C31H29NO2/c1-5-34-31(33)29-21(4)32-19(2)18-28(29)24-14-8-11-17-27(24)30-25-15-9-6-12-22(25)20(3)23-13-7-10-16-26(23)30/h6-18,28,33H,5H2,1-4H3/b31-29-/t28-/m0/s1. The van der Waals surface area contributed by atoms with Crippen LogP contribution in [0.3, 0.4) is 0 Å². The van der Waals surface area contributed by atoms with Crippen LogP contribution in [0.5, 0.6) is 0 Å². The van der Waals surface area contributed by atoms with Crippen LogP contribution in [0.15, 0.2) is 101 Å². The van der Waals surface area contributed by atoms with Crippen LogP contribution in [0.4, 0.5) is 0 Å². The molecule has 1 atom stereocenters. The van der Waals surface area contributed by atoms with Crippen LogP contribution >= 0.6 is 0 Å². The third-order valence-corrected chi connectivity index (χ3v) is 6.73. The number of aliphatic hydroxyl groups excluding tert-OH is 1. The first-order valence-corrected chi connectivity index (χ1v) is 11.8. The van der Waals surface area contributed by atoms with E-state index in [2.05, 4.69) is 90.8 Å². The van der Waals surface area contributed by atoms with Crippen molar-refractivity contribution < 1.29 is 9.84 Å². The first-order valence-electron chi connectivity index (χ1n) is 11.8.